The Morgan fingerprint density at radius 1 is 1.32 bits per heavy atom. The van der Waals surface area contributed by atoms with Gasteiger partial charge in [-0.1, -0.05) is 0 Å². The summed E-state index contributed by atoms with van der Waals surface area (Å²) < 4.78 is 39.7. The largest absolute Gasteiger partial charge is 0.433 e. The van der Waals surface area contributed by atoms with Crippen LogP contribution in [0.5, 0.6) is 0 Å². The van der Waals surface area contributed by atoms with Crippen LogP contribution in [0.25, 0.3) is 0 Å². The van der Waals surface area contributed by atoms with Gasteiger partial charge in [-0.25, -0.2) is 9.97 Å². The third-order valence-electron chi connectivity index (χ3n) is 3.54. The number of anilines is 1. The summed E-state index contributed by atoms with van der Waals surface area (Å²) in [6.45, 7) is 1.06. The SMILES string of the molecule is N#Cc1cnn(C2CCN(c3cc(C(F)(F)F)ncn3)C2)c1. The molecule has 1 saturated heterocycles. The Kier molecular flexibility index (Phi) is 3.44. The Balaban J connectivity index is 1.77. The van der Waals surface area contributed by atoms with Gasteiger partial charge < -0.3 is 4.90 Å². The van der Waals surface area contributed by atoms with Crippen LogP contribution in [0, 0.1) is 11.3 Å². The standard InChI is InChI=1S/C13H11F3N6/c14-13(15,16)11-3-12(19-8-18-11)21-2-1-10(7-21)22-6-9(4-17)5-20-22/h3,5-6,8,10H,1-2,7H2. The molecule has 1 fully saturated rings. The lowest BCUT2D eigenvalue weighted by atomic mass is 10.3. The summed E-state index contributed by atoms with van der Waals surface area (Å²) in [6.07, 6.45) is 0.260. The number of hydrogen-bond acceptors (Lipinski definition) is 5. The van der Waals surface area contributed by atoms with Crippen molar-refractivity contribution in [1.82, 2.24) is 19.7 Å². The van der Waals surface area contributed by atoms with Gasteiger partial charge in [0.05, 0.1) is 17.8 Å². The Hall–Kier alpha value is -2.63. The molecule has 2 aromatic rings. The fourth-order valence-corrected chi connectivity index (χ4v) is 2.44. The lowest BCUT2D eigenvalue weighted by Gasteiger charge is -2.18. The fourth-order valence-electron chi connectivity index (χ4n) is 2.44. The van der Waals surface area contributed by atoms with Crippen molar-refractivity contribution in [2.24, 2.45) is 0 Å². The summed E-state index contributed by atoms with van der Waals surface area (Å²) in [6, 6.07) is 2.95. The molecule has 0 saturated carbocycles. The summed E-state index contributed by atoms with van der Waals surface area (Å²) in [4.78, 5) is 8.93. The highest BCUT2D eigenvalue weighted by Gasteiger charge is 2.34. The number of nitrogens with zero attached hydrogens (tertiary/aromatic N) is 6. The van der Waals surface area contributed by atoms with Gasteiger partial charge in [0.15, 0.2) is 0 Å². The summed E-state index contributed by atoms with van der Waals surface area (Å²) in [7, 11) is 0. The predicted molar refractivity (Wildman–Crippen MR) is 69.8 cm³/mol. The summed E-state index contributed by atoms with van der Waals surface area (Å²) >= 11 is 0. The third-order valence-corrected chi connectivity index (χ3v) is 3.54. The molecule has 0 bridgehead atoms. The van der Waals surface area contributed by atoms with Gasteiger partial charge in [0.1, 0.15) is 23.9 Å². The van der Waals surface area contributed by atoms with E-state index in [9.17, 15) is 13.2 Å². The molecule has 3 heterocycles. The molecule has 0 aromatic carbocycles. The van der Waals surface area contributed by atoms with Crippen LogP contribution >= 0.6 is 0 Å². The number of hydrogen-bond donors (Lipinski definition) is 0. The van der Waals surface area contributed by atoms with Crippen molar-refractivity contribution in [3.05, 3.63) is 36.0 Å². The normalized spacial score (nSPS) is 18.5. The second kappa shape index (κ2) is 5.29. The summed E-state index contributed by atoms with van der Waals surface area (Å²) in [5, 5.41) is 12.9. The van der Waals surface area contributed by atoms with Crippen LogP contribution in [0.4, 0.5) is 19.0 Å². The molecule has 0 amide bonds. The molecule has 0 aliphatic carbocycles. The van der Waals surface area contributed by atoms with E-state index in [4.69, 9.17) is 5.26 Å². The molecular weight excluding hydrogens is 297 g/mol. The van der Waals surface area contributed by atoms with Gasteiger partial charge in [-0.15, -0.1) is 0 Å². The summed E-state index contributed by atoms with van der Waals surface area (Å²) in [5.41, 5.74) is -0.494. The molecule has 6 nitrogen and oxygen atoms in total. The van der Waals surface area contributed by atoms with Crippen molar-refractivity contribution in [3.63, 3.8) is 0 Å². The first-order valence-electron chi connectivity index (χ1n) is 6.56. The Morgan fingerprint density at radius 3 is 2.82 bits per heavy atom. The molecular formula is C13H11F3N6. The zero-order valence-electron chi connectivity index (χ0n) is 11.3. The van der Waals surface area contributed by atoms with Gasteiger partial charge in [0.2, 0.25) is 0 Å². The van der Waals surface area contributed by atoms with Gasteiger partial charge in [0.25, 0.3) is 0 Å². The number of alkyl halides is 3. The van der Waals surface area contributed by atoms with Crippen LogP contribution in [-0.2, 0) is 6.18 Å². The van der Waals surface area contributed by atoms with Gasteiger partial charge >= 0.3 is 6.18 Å². The van der Waals surface area contributed by atoms with Crippen LogP contribution in [0.15, 0.2) is 24.8 Å². The summed E-state index contributed by atoms with van der Waals surface area (Å²) in [5.74, 6) is 0.248. The van der Waals surface area contributed by atoms with Crippen molar-refractivity contribution in [3.8, 4) is 6.07 Å². The molecule has 3 rings (SSSR count). The van der Waals surface area contributed by atoms with Crippen LogP contribution in [0.1, 0.15) is 23.7 Å². The molecule has 2 aromatic heterocycles. The number of rotatable bonds is 2. The van der Waals surface area contributed by atoms with Gasteiger partial charge in [0, 0.05) is 25.4 Å². The zero-order valence-corrected chi connectivity index (χ0v) is 11.3. The number of nitriles is 1. The maximum Gasteiger partial charge on any atom is 0.433 e. The number of halogens is 3. The van der Waals surface area contributed by atoms with Crippen LogP contribution in [-0.4, -0.2) is 32.8 Å². The highest BCUT2D eigenvalue weighted by Crippen LogP contribution is 2.31. The van der Waals surface area contributed by atoms with E-state index in [-0.39, 0.29) is 11.9 Å². The molecule has 9 heteroatoms. The van der Waals surface area contributed by atoms with Crippen molar-refractivity contribution in [2.45, 2.75) is 18.6 Å². The lowest BCUT2D eigenvalue weighted by molar-refractivity contribution is -0.141. The Labute approximate surface area is 123 Å². The van der Waals surface area contributed by atoms with E-state index in [2.05, 4.69) is 15.1 Å². The Morgan fingerprint density at radius 2 is 2.14 bits per heavy atom. The minimum atomic E-state index is -4.49. The average Bonchev–Trinajstić information content (AvgIpc) is 3.15. The molecule has 1 aliphatic rings. The maximum atomic E-state index is 12.7. The fraction of sp³-hybridized carbons (Fsp3) is 0.385. The monoisotopic (exact) mass is 308 g/mol. The molecule has 0 radical (unpaired) electrons. The van der Waals surface area contributed by atoms with Crippen LogP contribution in [0.3, 0.4) is 0 Å². The van der Waals surface area contributed by atoms with E-state index >= 15 is 0 Å². The molecule has 114 valence electrons. The second-order valence-electron chi connectivity index (χ2n) is 4.97. The molecule has 0 N–H and O–H groups in total. The minimum Gasteiger partial charge on any atom is -0.354 e. The van der Waals surface area contributed by atoms with E-state index in [1.165, 1.54) is 6.20 Å². The molecule has 1 unspecified atom stereocenters. The quantitative estimate of drug-likeness (QED) is 0.849. The maximum absolute atomic E-state index is 12.7. The van der Waals surface area contributed by atoms with Gasteiger partial charge in [-0.05, 0) is 6.42 Å². The predicted octanol–water partition coefficient (Wildman–Crippen LogP) is 2.01. The van der Waals surface area contributed by atoms with E-state index in [0.717, 1.165) is 18.8 Å². The highest BCUT2D eigenvalue weighted by atomic mass is 19.4. The second-order valence-corrected chi connectivity index (χ2v) is 4.97. The van der Waals surface area contributed by atoms with Crippen LogP contribution < -0.4 is 4.90 Å². The molecule has 1 atom stereocenters. The van der Waals surface area contributed by atoms with Crippen LogP contribution in [0.2, 0.25) is 0 Å². The molecule has 22 heavy (non-hydrogen) atoms. The zero-order chi connectivity index (χ0) is 15.7. The van der Waals surface area contributed by atoms with E-state index < -0.39 is 11.9 Å². The number of aromatic nitrogens is 4. The topological polar surface area (TPSA) is 70.6 Å². The third kappa shape index (κ3) is 2.72. The van der Waals surface area contributed by atoms with Gasteiger partial charge in [-0.2, -0.15) is 23.5 Å². The highest BCUT2D eigenvalue weighted by molar-refractivity contribution is 5.41. The lowest BCUT2D eigenvalue weighted by Crippen LogP contribution is -2.23. The first-order chi connectivity index (χ1) is 10.5. The van der Waals surface area contributed by atoms with E-state index in [1.54, 1.807) is 15.8 Å². The van der Waals surface area contributed by atoms with Crippen molar-refractivity contribution < 1.29 is 13.2 Å². The first-order valence-corrected chi connectivity index (χ1v) is 6.56. The Bertz CT molecular complexity index is 717. The van der Waals surface area contributed by atoms with E-state index in [1.807, 2.05) is 6.07 Å². The van der Waals surface area contributed by atoms with Crippen molar-refractivity contribution in [2.75, 3.05) is 18.0 Å². The molecule has 1 aliphatic heterocycles. The minimum absolute atomic E-state index is 0.00593. The van der Waals surface area contributed by atoms with E-state index in [0.29, 0.717) is 18.7 Å². The average molecular weight is 308 g/mol. The molecule has 0 spiro atoms. The van der Waals surface area contributed by atoms with Crippen molar-refractivity contribution >= 4 is 5.82 Å². The smallest absolute Gasteiger partial charge is 0.354 e. The van der Waals surface area contributed by atoms with Crippen molar-refractivity contribution in [1.29, 1.82) is 5.26 Å². The first kappa shape index (κ1) is 14.3. The van der Waals surface area contributed by atoms with Gasteiger partial charge in [-0.3, -0.25) is 4.68 Å².